The van der Waals surface area contributed by atoms with Crippen molar-refractivity contribution >= 4 is 15.9 Å². The second kappa shape index (κ2) is 9.52. The number of nitrogens with zero attached hydrogens (tertiary/aromatic N) is 1. The third-order valence-corrected chi connectivity index (χ3v) is 5.67. The molecule has 0 amide bonds. The number of allylic oxidation sites excluding steroid dienone is 2. The molecule has 0 radical (unpaired) electrons. The minimum absolute atomic E-state index is 0. The molecule has 2 atom stereocenters. The SMILES string of the molecule is CC(C)OC(=O)[C@@H](OC(C)(C)C)C1=C(N2CCC(C)(C)CC2)C=CCC1(C)C.P. The predicted molar refractivity (Wildman–Crippen MR) is 126 cm³/mol. The highest BCUT2D eigenvalue weighted by molar-refractivity contribution is 6.92. The number of carbonyl (C=O) groups excluding carboxylic acids is 1. The van der Waals surface area contributed by atoms with Crippen molar-refractivity contribution in [1.82, 2.24) is 4.90 Å². The van der Waals surface area contributed by atoms with Crippen LogP contribution in [-0.4, -0.2) is 41.8 Å². The van der Waals surface area contributed by atoms with E-state index in [2.05, 4.69) is 44.7 Å². The highest BCUT2D eigenvalue weighted by Gasteiger charge is 2.42. The highest BCUT2D eigenvalue weighted by Crippen LogP contribution is 2.43. The van der Waals surface area contributed by atoms with Gasteiger partial charge in [-0.15, -0.1) is 0 Å². The number of carbonyl (C=O) groups is 1. The average molecular weight is 426 g/mol. The maximum Gasteiger partial charge on any atom is 0.339 e. The molecule has 5 heteroatoms. The number of ether oxygens (including phenoxy) is 2. The van der Waals surface area contributed by atoms with Crippen LogP contribution in [0.2, 0.25) is 0 Å². The lowest BCUT2D eigenvalue weighted by atomic mass is 9.73. The van der Waals surface area contributed by atoms with Crippen molar-refractivity contribution in [2.45, 2.75) is 99.4 Å². The van der Waals surface area contributed by atoms with Crippen LogP contribution in [-0.2, 0) is 14.3 Å². The van der Waals surface area contributed by atoms with Gasteiger partial charge in [-0.3, -0.25) is 0 Å². The summed E-state index contributed by atoms with van der Waals surface area (Å²) < 4.78 is 12.0. The van der Waals surface area contributed by atoms with Gasteiger partial charge < -0.3 is 14.4 Å². The second-order valence-electron chi connectivity index (χ2n) is 11.0. The predicted octanol–water partition coefficient (Wildman–Crippen LogP) is 5.54. The highest BCUT2D eigenvalue weighted by atomic mass is 31.0. The molecule has 0 spiro atoms. The summed E-state index contributed by atoms with van der Waals surface area (Å²) in [6.45, 7) is 20.9. The Morgan fingerprint density at radius 2 is 1.66 bits per heavy atom. The fraction of sp³-hybridized carbons (Fsp3) is 0.792. The molecular formula is C24H44NO3P. The van der Waals surface area contributed by atoms with Crippen LogP contribution in [0.15, 0.2) is 23.4 Å². The zero-order valence-corrected chi connectivity index (χ0v) is 21.6. The van der Waals surface area contributed by atoms with E-state index >= 15 is 0 Å². The van der Waals surface area contributed by atoms with E-state index < -0.39 is 11.7 Å². The zero-order chi connectivity index (χ0) is 21.3. The Morgan fingerprint density at radius 1 is 1.10 bits per heavy atom. The van der Waals surface area contributed by atoms with E-state index in [1.165, 1.54) is 0 Å². The first-order valence-electron chi connectivity index (χ1n) is 10.8. The van der Waals surface area contributed by atoms with E-state index in [0.29, 0.717) is 5.41 Å². The summed E-state index contributed by atoms with van der Waals surface area (Å²) in [5.41, 5.74) is 1.99. The van der Waals surface area contributed by atoms with Crippen LogP contribution in [0.5, 0.6) is 0 Å². The summed E-state index contributed by atoms with van der Waals surface area (Å²) in [6, 6.07) is 0. The monoisotopic (exact) mass is 425 g/mol. The van der Waals surface area contributed by atoms with Crippen LogP contribution in [0.1, 0.15) is 81.6 Å². The third kappa shape index (κ3) is 7.10. The second-order valence-corrected chi connectivity index (χ2v) is 11.0. The van der Waals surface area contributed by atoms with Crippen LogP contribution >= 0.6 is 9.90 Å². The van der Waals surface area contributed by atoms with Crippen LogP contribution in [0, 0.1) is 10.8 Å². The molecule has 1 aliphatic heterocycles. The van der Waals surface area contributed by atoms with Gasteiger partial charge in [-0.05, 0) is 76.4 Å². The average Bonchev–Trinajstić information content (AvgIpc) is 2.50. The summed E-state index contributed by atoms with van der Waals surface area (Å²) in [7, 11) is 0. The normalized spacial score (nSPS) is 22.3. The molecule has 0 aromatic rings. The van der Waals surface area contributed by atoms with E-state index in [-0.39, 0.29) is 27.4 Å². The summed E-state index contributed by atoms with van der Waals surface area (Å²) in [5.74, 6) is -0.280. The minimum Gasteiger partial charge on any atom is -0.461 e. The number of piperidine rings is 1. The fourth-order valence-corrected chi connectivity index (χ4v) is 4.00. The van der Waals surface area contributed by atoms with Gasteiger partial charge in [0.25, 0.3) is 0 Å². The first-order chi connectivity index (χ1) is 12.7. The van der Waals surface area contributed by atoms with Gasteiger partial charge in [-0.2, -0.15) is 9.90 Å². The van der Waals surface area contributed by atoms with Gasteiger partial charge >= 0.3 is 5.97 Å². The molecule has 1 saturated heterocycles. The molecule has 0 saturated carbocycles. The van der Waals surface area contributed by atoms with Gasteiger partial charge in [0.15, 0.2) is 6.10 Å². The van der Waals surface area contributed by atoms with Crippen LogP contribution in [0.3, 0.4) is 0 Å². The Labute approximate surface area is 182 Å². The first kappa shape index (κ1) is 26.2. The van der Waals surface area contributed by atoms with Crippen molar-refractivity contribution < 1.29 is 14.3 Å². The van der Waals surface area contributed by atoms with Gasteiger partial charge in [0.1, 0.15) is 0 Å². The minimum atomic E-state index is -0.688. The van der Waals surface area contributed by atoms with Gasteiger partial charge in [0.05, 0.1) is 11.7 Å². The molecule has 2 rings (SSSR count). The maximum absolute atomic E-state index is 13.1. The van der Waals surface area contributed by atoms with Gasteiger partial charge in [0.2, 0.25) is 0 Å². The lowest BCUT2D eigenvalue weighted by molar-refractivity contribution is -0.167. The summed E-state index contributed by atoms with van der Waals surface area (Å²) >= 11 is 0. The largest absolute Gasteiger partial charge is 0.461 e. The molecule has 0 aromatic heterocycles. The summed E-state index contributed by atoms with van der Waals surface area (Å²) in [5, 5.41) is 0. The number of hydrogen-bond donors (Lipinski definition) is 0. The van der Waals surface area contributed by atoms with Gasteiger partial charge in [-0.1, -0.05) is 33.8 Å². The number of likely N-dealkylation sites (tertiary alicyclic amines) is 1. The zero-order valence-electron chi connectivity index (χ0n) is 20.2. The van der Waals surface area contributed by atoms with E-state index in [4.69, 9.17) is 9.47 Å². The molecule has 29 heavy (non-hydrogen) atoms. The molecule has 168 valence electrons. The molecular weight excluding hydrogens is 381 g/mol. The number of hydrogen-bond acceptors (Lipinski definition) is 4. The van der Waals surface area contributed by atoms with Crippen molar-refractivity contribution in [2.24, 2.45) is 10.8 Å². The fourth-order valence-electron chi connectivity index (χ4n) is 4.00. The molecule has 1 aliphatic carbocycles. The Hall–Kier alpha value is -0.860. The van der Waals surface area contributed by atoms with Crippen LogP contribution < -0.4 is 0 Å². The topological polar surface area (TPSA) is 38.8 Å². The molecule has 0 bridgehead atoms. The lowest BCUT2D eigenvalue weighted by Crippen LogP contribution is -2.45. The molecule has 1 fully saturated rings. The Morgan fingerprint density at radius 3 is 2.14 bits per heavy atom. The Balaban J connectivity index is 0.00000420. The van der Waals surface area contributed by atoms with E-state index in [0.717, 1.165) is 43.6 Å². The molecule has 0 N–H and O–H groups in total. The van der Waals surface area contributed by atoms with Crippen molar-refractivity contribution in [1.29, 1.82) is 0 Å². The van der Waals surface area contributed by atoms with Gasteiger partial charge in [-0.25, -0.2) is 4.79 Å². The molecule has 4 nitrogen and oxygen atoms in total. The molecule has 0 aromatic carbocycles. The van der Waals surface area contributed by atoms with E-state index in [9.17, 15) is 4.79 Å². The van der Waals surface area contributed by atoms with Crippen molar-refractivity contribution in [3.63, 3.8) is 0 Å². The Kier molecular flexibility index (Phi) is 8.59. The van der Waals surface area contributed by atoms with E-state index in [1.54, 1.807) is 0 Å². The Bertz CT molecular complexity index is 631. The number of rotatable bonds is 5. The smallest absolute Gasteiger partial charge is 0.339 e. The molecule has 1 heterocycles. The van der Waals surface area contributed by atoms with Gasteiger partial charge in [0, 0.05) is 18.8 Å². The first-order valence-corrected chi connectivity index (χ1v) is 10.8. The van der Waals surface area contributed by atoms with E-state index in [1.807, 2.05) is 34.6 Å². The summed E-state index contributed by atoms with van der Waals surface area (Å²) in [6.07, 6.45) is 6.77. The number of esters is 1. The third-order valence-electron chi connectivity index (χ3n) is 5.67. The molecule has 1 unspecified atom stereocenters. The summed E-state index contributed by atoms with van der Waals surface area (Å²) in [4.78, 5) is 15.6. The maximum atomic E-state index is 13.1. The molecule has 2 aliphatic rings. The van der Waals surface area contributed by atoms with Crippen LogP contribution in [0.25, 0.3) is 0 Å². The standard InChI is InChI=1S/C24H41NO3.H3P/c1-17(2)27-21(26)20(28-22(3,4)5)19-18(11-10-12-24(19,8)9)25-15-13-23(6,7)14-16-25;/h10-11,17,20H,12-16H2,1-9H3;1H3/t20-;/m0./s1. The lowest BCUT2D eigenvalue weighted by Gasteiger charge is -2.44. The van der Waals surface area contributed by atoms with Crippen molar-refractivity contribution in [3.05, 3.63) is 23.4 Å². The van der Waals surface area contributed by atoms with Crippen molar-refractivity contribution in [2.75, 3.05) is 13.1 Å². The van der Waals surface area contributed by atoms with Crippen molar-refractivity contribution in [3.8, 4) is 0 Å². The van der Waals surface area contributed by atoms with Crippen LogP contribution in [0.4, 0.5) is 0 Å². The quantitative estimate of drug-likeness (QED) is 0.428.